The number of anilines is 1. The molecule has 3 aromatic carbocycles. The van der Waals surface area contributed by atoms with Gasteiger partial charge < -0.3 is 5.32 Å². The molecule has 1 heterocycles. The third-order valence-corrected chi connectivity index (χ3v) is 6.40. The van der Waals surface area contributed by atoms with E-state index < -0.39 is 0 Å². The topological polar surface area (TPSA) is 59.8 Å². The van der Waals surface area contributed by atoms with Crippen molar-refractivity contribution in [1.29, 1.82) is 0 Å². The summed E-state index contributed by atoms with van der Waals surface area (Å²) in [4.78, 5) is 12.8. The predicted octanol–water partition coefficient (Wildman–Crippen LogP) is 6.21. The molecule has 1 amide bonds. The number of carbonyl (C=O) groups is 1. The van der Waals surface area contributed by atoms with Gasteiger partial charge in [0.1, 0.15) is 0 Å². The van der Waals surface area contributed by atoms with Crippen molar-refractivity contribution in [2.45, 2.75) is 39.8 Å². The summed E-state index contributed by atoms with van der Waals surface area (Å²) >= 11 is 1.39. The van der Waals surface area contributed by atoms with Crippen molar-refractivity contribution in [3.63, 3.8) is 0 Å². The van der Waals surface area contributed by atoms with Crippen molar-refractivity contribution in [2.75, 3.05) is 11.1 Å². The lowest BCUT2D eigenvalue weighted by Gasteiger charge is -2.13. The standard InChI is InChI=1S/C27H28N4OS/c1-17-9-11-23(12-10-17)31-26(22-8-6-7-18(2)15-22)29-30-27(31)33-16-24(32)28-25-20(4)13-19(3)14-21(25)5/h6-15H,16H2,1-5H3,(H,28,32). The number of benzene rings is 3. The van der Waals surface area contributed by atoms with Gasteiger partial charge >= 0.3 is 0 Å². The van der Waals surface area contributed by atoms with E-state index in [2.05, 4.69) is 84.8 Å². The summed E-state index contributed by atoms with van der Waals surface area (Å²) in [5.74, 6) is 0.936. The number of hydrogen-bond donors (Lipinski definition) is 1. The van der Waals surface area contributed by atoms with Crippen molar-refractivity contribution in [3.05, 3.63) is 88.5 Å². The molecule has 33 heavy (non-hydrogen) atoms. The number of rotatable bonds is 6. The number of hydrogen-bond acceptors (Lipinski definition) is 4. The number of nitrogens with zero attached hydrogens (tertiary/aromatic N) is 3. The number of aryl methyl sites for hydroxylation is 5. The maximum atomic E-state index is 12.8. The largest absolute Gasteiger partial charge is 0.325 e. The SMILES string of the molecule is Cc1ccc(-n2c(SCC(=O)Nc3c(C)cc(C)cc3C)nnc2-c2cccc(C)c2)cc1. The van der Waals surface area contributed by atoms with Gasteiger partial charge in [-0.1, -0.05) is 70.9 Å². The van der Waals surface area contributed by atoms with Crippen molar-refractivity contribution in [1.82, 2.24) is 14.8 Å². The minimum absolute atomic E-state index is 0.0642. The van der Waals surface area contributed by atoms with Crippen molar-refractivity contribution >= 4 is 23.4 Å². The molecule has 1 aromatic heterocycles. The monoisotopic (exact) mass is 456 g/mol. The Hall–Kier alpha value is -3.38. The maximum Gasteiger partial charge on any atom is 0.234 e. The summed E-state index contributed by atoms with van der Waals surface area (Å²) < 4.78 is 2.02. The molecule has 0 aliphatic carbocycles. The fraction of sp³-hybridized carbons (Fsp3) is 0.222. The summed E-state index contributed by atoms with van der Waals surface area (Å²) in [6, 6.07) is 20.6. The fourth-order valence-corrected chi connectivity index (χ4v) is 4.70. The summed E-state index contributed by atoms with van der Waals surface area (Å²) in [5.41, 5.74) is 8.50. The fourth-order valence-electron chi connectivity index (χ4n) is 3.94. The third kappa shape index (κ3) is 5.17. The van der Waals surface area contributed by atoms with Crippen LogP contribution >= 0.6 is 11.8 Å². The molecule has 168 valence electrons. The van der Waals surface area contributed by atoms with Gasteiger partial charge in [-0.25, -0.2) is 0 Å². The van der Waals surface area contributed by atoms with Gasteiger partial charge in [-0.05, 0) is 63.9 Å². The molecule has 0 aliphatic heterocycles. The van der Waals surface area contributed by atoms with Gasteiger partial charge in [-0.15, -0.1) is 10.2 Å². The molecule has 6 heteroatoms. The van der Waals surface area contributed by atoms with Gasteiger partial charge in [-0.3, -0.25) is 9.36 Å². The highest BCUT2D eigenvalue weighted by atomic mass is 32.2. The zero-order valence-corrected chi connectivity index (χ0v) is 20.5. The normalized spacial score (nSPS) is 10.9. The zero-order chi connectivity index (χ0) is 23.5. The minimum Gasteiger partial charge on any atom is -0.325 e. The molecule has 1 N–H and O–H groups in total. The Balaban J connectivity index is 1.61. The summed E-state index contributed by atoms with van der Waals surface area (Å²) in [6.07, 6.45) is 0. The van der Waals surface area contributed by atoms with Gasteiger partial charge in [-0.2, -0.15) is 0 Å². The van der Waals surface area contributed by atoms with E-state index in [0.29, 0.717) is 5.16 Å². The molecule has 0 saturated carbocycles. The summed E-state index contributed by atoms with van der Waals surface area (Å²) in [5, 5.41) is 12.7. The lowest BCUT2D eigenvalue weighted by atomic mass is 10.1. The van der Waals surface area contributed by atoms with Gasteiger partial charge in [0.25, 0.3) is 0 Å². The van der Waals surface area contributed by atoms with E-state index in [1.165, 1.54) is 22.9 Å². The molecule has 0 bridgehead atoms. The van der Waals surface area contributed by atoms with Crippen LogP contribution in [0.1, 0.15) is 27.8 Å². The van der Waals surface area contributed by atoms with E-state index >= 15 is 0 Å². The minimum atomic E-state index is -0.0642. The Morgan fingerprint density at radius 2 is 1.55 bits per heavy atom. The van der Waals surface area contributed by atoms with E-state index in [-0.39, 0.29) is 11.7 Å². The average molecular weight is 457 g/mol. The first-order valence-corrected chi connectivity index (χ1v) is 11.9. The van der Waals surface area contributed by atoms with E-state index in [1.807, 2.05) is 30.5 Å². The highest BCUT2D eigenvalue weighted by Gasteiger charge is 2.18. The Bertz CT molecular complexity index is 1290. The van der Waals surface area contributed by atoms with Crippen LogP contribution in [0.4, 0.5) is 5.69 Å². The second kappa shape index (κ2) is 9.63. The van der Waals surface area contributed by atoms with Gasteiger partial charge in [0.2, 0.25) is 5.91 Å². The molecule has 0 saturated heterocycles. The number of amides is 1. The zero-order valence-electron chi connectivity index (χ0n) is 19.6. The third-order valence-electron chi connectivity index (χ3n) is 5.48. The van der Waals surface area contributed by atoms with Crippen LogP contribution in [-0.2, 0) is 4.79 Å². The Kier molecular flexibility index (Phi) is 6.65. The summed E-state index contributed by atoms with van der Waals surface area (Å²) in [6.45, 7) is 10.2. The molecule has 4 aromatic rings. The number of aromatic nitrogens is 3. The highest BCUT2D eigenvalue weighted by Crippen LogP contribution is 2.29. The molecule has 4 rings (SSSR count). The van der Waals surface area contributed by atoms with Gasteiger partial charge in [0.15, 0.2) is 11.0 Å². The van der Waals surface area contributed by atoms with Gasteiger partial charge in [0, 0.05) is 16.9 Å². The molecular weight excluding hydrogens is 428 g/mol. The van der Waals surface area contributed by atoms with Crippen LogP contribution in [0.15, 0.2) is 65.8 Å². The second-order valence-electron chi connectivity index (χ2n) is 8.46. The Morgan fingerprint density at radius 3 is 2.21 bits per heavy atom. The molecule has 0 spiro atoms. The van der Waals surface area contributed by atoms with E-state index in [4.69, 9.17) is 0 Å². The molecule has 0 radical (unpaired) electrons. The number of nitrogens with one attached hydrogen (secondary N) is 1. The van der Waals surface area contributed by atoms with Crippen LogP contribution in [0.25, 0.3) is 17.1 Å². The average Bonchev–Trinajstić information content (AvgIpc) is 3.19. The molecule has 0 unspecified atom stereocenters. The molecule has 0 atom stereocenters. The van der Waals surface area contributed by atoms with E-state index in [0.717, 1.165) is 39.5 Å². The number of carbonyl (C=O) groups excluding carboxylic acids is 1. The van der Waals surface area contributed by atoms with Gasteiger partial charge in [0.05, 0.1) is 5.75 Å². The maximum absolute atomic E-state index is 12.8. The number of thioether (sulfide) groups is 1. The van der Waals surface area contributed by atoms with Crippen LogP contribution in [0.5, 0.6) is 0 Å². The first-order chi connectivity index (χ1) is 15.8. The van der Waals surface area contributed by atoms with Crippen LogP contribution in [0.2, 0.25) is 0 Å². The van der Waals surface area contributed by atoms with Crippen molar-refractivity contribution in [2.24, 2.45) is 0 Å². The molecular formula is C27H28N4OS. The first-order valence-electron chi connectivity index (χ1n) is 10.9. The summed E-state index contributed by atoms with van der Waals surface area (Å²) in [7, 11) is 0. The van der Waals surface area contributed by atoms with Crippen LogP contribution in [0.3, 0.4) is 0 Å². The molecule has 0 aliphatic rings. The molecule has 0 fully saturated rings. The smallest absolute Gasteiger partial charge is 0.234 e. The molecule has 5 nitrogen and oxygen atoms in total. The van der Waals surface area contributed by atoms with Crippen molar-refractivity contribution < 1.29 is 4.79 Å². The Labute approximate surface area is 199 Å². The van der Waals surface area contributed by atoms with E-state index in [1.54, 1.807) is 0 Å². The highest BCUT2D eigenvalue weighted by molar-refractivity contribution is 7.99. The second-order valence-corrected chi connectivity index (χ2v) is 9.40. The first kappa shape index (κ1) is 22.8. The van der Waals surface area contributed by atoms with Crippen LogP contribution in [0, 0.1) is 34.6 Å². The lowest BCUT2D eigenvalue weighted by molar-refractivity contribution is -0.113. The Morgan fingerprint density at radius 1 is 0.848 bits per heavy atom. The lowest BCUT2D eigenvalue weighted by Crippen LogP contribution is -2.16. The van der Waals surface area contributed by atoms with Crippen molar-refractivity contribution in [3.8, 4) is 17.1 Å². The van der Waals surface area contributed by atoms with Crippen LogP contribution < -0.4 is 5.32 Å². The predicted molar refractivity (Wildman–Crippen MR) is 136 cm³/mol. The van der Waals surface area contributed by atoms with E-state index in [9.17, 15) is 4.79 Å². The van der Waals surface area contributed by atoms with Crippen LogP contribution in [-0.4, -0.2) is 26.4 Å². The quantitative estimate of drug-likeness (QED) is 0.351.